The molecular formula is C5H7O+. The maximum atomic E-state index is 4.86. The van der Waals surface area contributed by atoms with Crippen LogP contribution in [0.25, 0.3) is 0 Å². The van der Waals surface area contributed by atoms with Gasteiger partial charge in [-0.1, -0.05) is 6.08 Å². The highest BCUT2D eigenvalue weighted by Gasteiger charge is 1.90. The summed E-state index contributed by atoms with van der Waals surface area (Å²) in [5, 5.41) is 0. The predicted molar refractivity (Wildman–Crippen MR) is 24.7 cm³/mol. The van der Waals surface area contributed by atoms with Crippen LogP contribution in [0.2, 0.25) is 0 Å². The molecule has 0 atom stereocenters. The highest BCUT2D eigenvalue weighted by atomic mass is 16.4. The second-order valence-corrected chi connectivity index (χ2v) is 1.22. The third-order valence-electron chi connectivity index (χ3n) is 0.713. The molecule has 1 aliphatic rings. The first-order valence-corrected chi connectivity index (χ1v) is 2.10. The standard InChI is InChI=1S/C5H7O/c1-2-4-6-5-3-1/h1-2,4H,3,5H2/q+1. The van der Waals surface area contributed by atoms with E-state index >= 15 is 0 Å². The highest BCUT2D eigenvalue weighted by molar-refractivity contribution is 5.65. The van der Waals surface area contributed by atoms with Crippen LogP contribution in [0.4, 0.5) is 0 Å². The van der Waals surface area contributed by atoms with E-state index in [2.05, 4.69) is 6.08 Å². The Labute approximate surface area is 37.0 Å². The fourth-order valence-electron chi connectivity index (χ4n) is 0.411. The molecule has 0 unspecified atom stereocenters. The number of hydrogen-bond acceptors (Lipinski definition) is 0. The summed E-state index contributed by atoms with van der Waals surface area (Å²) in [6.45, 7) is 0.858. The minimum atomic E-state index is 0.858. The lowest BCUT2D eigenvalue weighted by atomic mass is 10.4. The Hall–Kier alpha value is -0.590. The minimum absolute atomic E-state index is 0.858. The van der Waals surface area contributed by atoms with E-state index in [1.807, 2.05) is 6.08 Å². The van der Waals surface area contributed by atoms with Crippen molar-refractivity contribution in [3.8, 4) is 0 Å². The normalized spacial score (nSPS) is 18.7. The van der Waals surface area contributed by atoms with Gasteiger partial charge in [0.1, 0.15) is 0 Å². The number of aldehydes is 1. The molecule has 0 bridgehead atoms. The zero-order chi connectivity index (χ0) is 4.24. The molecule has 0 N–H and O–H groups in total. The second kappa shape index (κ2) is 1.75. The minimum Gasteiger partial charge on any atom is -0.262 e. The monoisotopic (exact) mass is 83.0 g/mol. The van der Waals surface area contributed by atoms with Crippen molar-refractivity contribution in [1.29, 1.82) is 0 Å². The molecular weight excluding hydrogens is 76.1 g/mol. The summed E-state index contributed by atoms with van der Waals surface area (Å²) < 4.78 is 4.86. The van der Waals surface area contributed by atoms with Crippen molar-refractivity contribution in [3.05, 3.63) is 12.2 Å². The molecule has 0 radical (unpaired) electrons. The maximum Gasteiger partial charge on any atom is 0.308 e. The molecule has 0 saturated carbocycles. The average Bonchev–Trinajstić information content (AvgIpc) is 1.72. The highest BCUT2D eigenvalue weighted by Crippen LogP contribution is 1.83. The van der Waals surface area contributed by atoms with E-state index in [9.17, 15) is 0 Å². The quantitative estimate of drug-likeness (QED) is 0.301. The Bertz CT molecular complexity index is 69.9. The van der Waals surface area contributed by atoms with Crippen LogP contribution in [0, 0.1) is 0 Å². The zero-order valence-corrected chi connectivity index (χ0v) is 3.55. The predicted octanol–water partition coefficient (Wildman–Crippen LogP) is 0.681. The Balaban J connectivity index is 2.46. The van der Waals surface area contributed by atoms with Gasteiger partial charge in [0, 0.05) is 6.08 Å². The van der Waals surface area contributed by atoms with Crippen LogP contribution < -0.4 is 0 Å². The lowest BCUT2D eigenvalue weighted by Gasteiger charge is -1.77. The lowest BCUT2D eigenvalue weighted by Crippen LogP contribution is -1.88. The third kappa shape index (κ3) is 0.677. The molecule has 1 rings (SSSR count). The van der Waals surface area contributed by atoms with Crippen molar-refractivity contribution in [1.82, 2.24) is 0 Å². The summed E-state index contributed by atoms with van der Waals surface area (Å²) in [6, 6.07) is 0. The van der Waals surface area contributed by atoms with Crippen LogP contribution in [0.1, 0.15) is 6.42 Å². The van der Waals surface area contributed by atoms with Crippen molar-refractivity contribution in [2.75, 3.05) is 6.61 Å². The average molecular weight is 83.1 g/mol. The van der Waals surface area contributed by atoms with Crippen molar-refractivity contribution in [2.45, 2.75) is 6.42 Å². The van der Waals surface area contributed by atoms with Gasteiger partial charge in [-0.05, 0) is 0 Å². The Morgan fingerprint density at radius 1 is 1.50 bits per heavy atom. The Morgan fingerprint density at radius 3 is 2.67 bits per heavy atom. The molecule has 1 aliphatic heterocycles. The van der Waals surface area contributed by atoms with Gasteiger partial charge in [0.05, 0.1) is 6.42 Å². The van der Waals surface area contributed by atoms with Gasteiger partial charge >= 0.3 is 6.29 Å². The van der Waals surface area contributed by atoms with Crippen LogP contribution in [-0.4, -0.2) is 12.9 Å². The van der Waals surface area contributed by atoms with Crippen molar-refractivity contribution < 1.29 is 4.42 Å². The maximum absolute atomic E-state index is 4.86. The molecule has 0 aliphatic carbocycles. The number of allylic oxidation sites excluding steroid dienone is 1. The molecule has 0 spiro atoms. The molecule has 32 valence electrons. The molecule has 0 saturated heterocycles. The van der Waals surface area contributed by atoms with Gasteiger partial charge in [-0.3, -0.25) is 4.42 Å². The largest absolute Gasteiger partial charge is 0.308 e. The SMILES string of the molecule is C1=CCC[O+]=C1. The van der Waals surface area contributed by atoms with E-state index < -0.39 is 0 Å². The van der Waals surface area contributed by atoms with Crippen LogP contribution >= 0.6 is 0 Å². The topological polar surface area (TPSA) is 11.3 Å². The molecule has 0 fully saturated rings. The fourth-order valence-corrected chi connectivity index (χ4v) is 0.411. The first-order valence-electron chi connectivity index (χ1n) is 2.10. The lowest BCUT2D eigenvalue weighted by molar-refractivity contribution is -0.451. The molecule has 6 heavy (non-hydrogen) atoms. The molecule has 1 heterocycles. The van der Waals surface area contributed by atoms with E-state index in [0.717, 1.165) is 13.0 Å². The first-order chi connectivity index (χ1) is 3.00. The van der Waals surface area contributed by atoms with E-state index in [4.69, 9.17) is 4.42 Å². The first kappa shape index (κ1) is 3.59. The number of hydrogen-bond donors (Lipinski definition) is 0. The Kier molecular flexibility index (Phi) is 1.05. The third-order valence-corrected chi connectivity index (χ3v) is 0.713. The van der Waals surface area contributed by atoms with Crippen LogP contribution in [0.3, 0.4) is 0 Å². The van der Waals surface area contributed by atoms with Gasteiger partial charge < -0.3 is 0 Å². The van der Waals surface area contributed by atoms with Gasteiger partial charge in [-0.15, -0.1) is 0 Å². The summed E-state index contributed by atoms with van der Waals surface area (Å²) >= 11 is 0. The van der Waals surface area contributed by atoms with Crippen LogP contribution in [0.5, 0.6) is 0 Å². The van der Waals surface area contributed by atoms with E-state index in [0.29, 0.717) is 0 Å². The number of carbonyl (C=O) groups excluding carboxylic acids is 1. The van der Waals surface area contributed by atoms with Crippen molar-refractivity contribution in [2.24, 2.45) is 0 Å². The molecule has 0 aromatic carbocycles. The van der Waals surface area contributed by atoms with Gasteiger partial charge in [0.15, 0.2) is 0 Å². The summed E-state index contributed by atoms with van der Waals surface area (Å²) in [7, 11) is 0. The molecule has 0 aromatic rings. The smallest absolute Gasteiger partial charge is 0.262 e. The molecule has 0 aromatic heterocycles. The van der Waals surface area contributed by atoms with Crippen LogP contribution in [-0.2, 0) is 4.42 Å². The van der Waals surface area contributed by atoms with Crippen molar-refractivity contribution >= 4 is 6.29 Å². The Morgan fingerprint density at radius 2 is 2.50 bits per heavy atom. The fraction of sp³-hybridized carbons (Fsp3) is 0.400. The van der Waals surface area contributed by atoms with Gasteiger partial charge in [-0.25, -0.2) is 0 Å². The van der Waals surface area contributed by atoms with E-state index in [-0.39, 0.29) is 0 Å². The molecule has 1 nitrogen and oxygen atoms in total. The molecule has 1 heteroatoms. The summed E-state index contributed by atoms with van der Waals surface area (Å²) in [5.41, 5.74) is 0. The van der Waals surface area contributed by atoms with Gasteiger partial charge in [0.25, 0.3) is 6.61 Å². The summed E-state index contributed by atoms with van der Waals surface area (Å²) in [6.07, 6.45) is 6.78. The van der Waals surface area contributed by atoms with Gasteiger partial charge in [0.2, 0.25) is 0 Å². The van der Waals surface area contributed by atoms with Crippen molar-refractivity contribution in [3.63, 3.8) is 0 Å². The van der Waals surface area contributed by atoms with Gasteiger partial charge in [-0.2, -0.15) is 0 Å². The summed E-state index contributed by atoms with van der Waals surface area (Å²) in [4.78, 5) is 0. The van der Waals surface area contributed by atoms with Crippen LogP contribution in [0.15, 0.2) is 12.2 Å². The van der Waals surface area contributed by atoms with E-state index in [1.54, 1.807) is 6.29 Å². The summed E-state index contributed by atoms with van der Waals surface area (Å²) in [5.74, 6) is 0. The zero-order valence-electron chi connectivity index (χ0n) is 3.55. The molecule has 0 amide bonds. The van der Waals surface area contributed by atoms with E-state index in [1.165, 1.54) is 0 Å². The number of rotatable bonds is 0. The second-order valence-electron chi connectivity index (χ2n) is 1.22.